The molecule has 1 heterocycles. The summed E-state index contributed by atoms with van der Waals surface area (Å²) in [6, 6.07) is -0.109. The van der Waals surface area contributed by atoms with Gasteiger partial charge in [0.25, 0.3) is 0 Å². The van der Waals surface area contributed by atoms with Crippen LogP contribution < -0.4 is 5.32 Å². The predicted molar refractivity (Wildman–Crippen MR) is 77.7 cm³/mol. The van der Waals surface area contributed by atoms with Crippen LogP contribution in [0.3, 0.4) is 0 Å². The van der Waals surface area contributed by atoms with Gasteiger partial charge in [0, 0.05) is 25.7 Å². The highest BCUT2D eigenvalue weighted by molar-refractivity contribution is 5.79. The Morgan fingerprint density at radius 3 is 2.60 bits per heavy atom. The number of carboxylic acid groups (broad SMARTS) is 1. The normalized spacial score (nSPS) is 23.9. The van der Waals surface area contributed by atoms with Gasteiger partial charge in [-0.15, -0.1) is 0 Å². The summed E-state index contributed by atoms with van der Waals surface area (Å²) < 4.78 is 0. The molecule has 0 aromatic rings. The van der Waals surface area contributed by atoms with Crippen molar-refractivity contribution in [1.82, 2.24) is 15.1 Å². The number of likely N-dealkylation sites (N-methyl/N-ethyl adjacent to an activating group) is 1. The monoisotopic (exact) mass is 285 g/mol. The van der Waals surface area contributed by atoms with Crippen molar-refractivity contribution in [2.24, 2.45) is 5.41 Å². The average Bonchev–Trinajstić information content (AvgIpc) is 2.74. The standard InChI is InChI=1S/C14H27N3O3/c1-5-6-14(12(18)19)7-8-17(10-14)13(20)15-11(2)9-16(3)4/h11H,5-10H2,1-4H3,(H,15,20)(H,18,19). The Hall–Kier alpha value is -1.30. The lowest BCUT2D eigenvalue weighted by Gasteiger charge is -2.26. The number of amides is 2. The van der Waals surface area contributed by atoms with Crippen molar-refractivity contribution in [2.75, 3.05) is 33.7 Å². The van der Waals surface area contributed by atoms with Crippen molar-refractivity contribution in [3.8, 4) is 0 Å². The lowest BCUT2D eigenvalue weighted by molar-refractivity contribution is -0.148. The fourth-order valence-corrected chi connectivity index (χ4v) is 2.91. The molecular weight excluding hydrogens is 258 g/mol. The minimum Gasteiger partial charge on any atom is -0.481 e. The van der Waals surface area contributed by atoms with Crippen LogP contribution in [0.2, 0.25) is 0 Å². The van der Waals surface area contributed by atoms with E-state index in [-0.39, 0.29) is 12.1 Å². The molecule has 0 aromatic carbocycles. The van der Waals surface area contributed by atoms with Gasteiger partial charge in [-0.1, -0.05) is 13.3 Å². The second-order valence-electron chi connectivity index (χ2n) is 6.12. The Balaban J connectivity index is 2.58. The van der Waals surface area contributed by atoms with Gasteiger partial charge in [0.2, 0.25) is 0 Å². The second-order valence-corrected chi connectivity index (χ2v) is 6.12. The first-order chi connectivity index (χ1) is 9.30. The van der Waals surface area contributed by atoms with Crippen LogP contribution in [-0.4, -0.2) is 66.7 Å². The van der Waals surface area contributed by atoms with Gasteiger partial charge in [-0.2, -0.15) is 0 Å². The molecule has 2 N–H and O–H groups in total. The Labute approximate surface area is 121 Å². The number of carboxylic acids is 1. The van der Waals surface area contributed by atoms with Crippen molar-refractivity contribution < 1.29 is 14.7 Å². The number of urea groups is 1. The molecule has 0 bridgehead atoms. The number of carbonyl (C=O) groups excluding carboxylic acids is 1. The van der Waals surface area contributed by atoms with Gasteiger partial charge in [0.15, 0.2) is 0 Å². The van der Waals surface area contributed by atoms with E-state index >= 15 is 0 Å². The molecule has 2 amide bonds. The van der Waals surface area contributed by atoms with Crippen LogP contribution in [0.15, 0.2) is 0 Å². The number of carbonyl (C=O) groups is 2. The summed E-state index contributed by atoms with van der Waals surface area (Å²) in [5.41, 5.74) is -0.753. The Kier molecular flexibility index (Phi) is 5.80. The maximum Gasteiger partial charge on any atom is 0.317 e. The van der Waals surface area contributed by atoms with Gasteiger partial charge in [-0.25, -0.2) is 4.79 Å². The SMILES string of the molecule is CCCC1(C(=O)O)CCN(C(=O)NC(C)CN(C)C)C1. The molecule has 0 aromatic heterocycles. The highest BCUT2D eigenvalue weighted by atomic mass is 16.4. The molecule has 20 heavy (non-hydrogen) atoms. The Bertz CT molecular complexity index is 360. The van der Waals surface area contributed by atoms with E-state index in [0.29, 0.717) is 25.9 Å². The molecule has 0 saturated carbocycles. The van der Waals surface area contributed by atoms with Gasteiger partial charge in [0.05, 0.1) is 5.41 Å². The van der Waals surface area contributed by atoms with Crippen LogP contribution in [0.1, 0.15) is 33.1 Å². The molecule has 0 spiro atoms. The van der Waals surface area contributed by atoms with E-state index < -0.39 is 11.4 Å². The fourth-order valence-electron chi connectivity index (χ4n) is 2.91. The maximum absolute atomic E-state index is 12.2. The predicted octanol–water partition coefficient (Wildman–Crippen LogP) is 1.22. The smallest absolute Gasteiger partial charge is 0.317 e. The summed E-state index contributed by atoms with van der Waals surface area (Å²) in [7, 11) is 3.91. The fraction of sp³-hybridized carbons (Fsp3) is 0.857. The summed E-state index contributed by atoms with van der Waals surface area (Å²) in [6.45, 7) is 5.53. The first kappa shape index (κ1) is 16.8. The van der Waals surface area contributed by atoms with E-state index in [1.54, 1.807) is 4.90 Å². The maximum atomic E-state index is 12.2. The lowest BCUT2D eigenvalue weighted by atomic mass is 9.83. The van der Waals surface area contributed by atoms with E-state index in [4.69, 9.17) is 0 Å². The molecule has 1 aliphatic heterocycles. The van der Waals surface area contributed by atoms with E-state index in [9.17, 15) is 14.7 Å². The molecule has 6 heteroatoms. The number of nitrogens with zero attached hydrogens (tertiary/aromatic N) is 2. The summed E-state index contributed by atoms with van der Waals surface area (Å²) in [6.07, 6.45) is 1.99. The zero-order valence-corrected chi connectivity index (χ0v) is 13.0. The third kappa shape index (κ3) is 4.10. The number of hydrogen-bond donors (Lipinski definition) is 2. The molecule has 0 radical (unpaired) electrons. The highest BCUT2D eigenvalue weighted by Gasteiger charge is 2.45. The largest absolute Gasteiger partial charge is 0.481 e. The topological polar surface area (TPSA) is 72.9 Å². The van der Waals surface area contributed by atoms with Crippen LogP contribution in [0.25, 0.3) is 0 Å². The molecule has 116 valence electrons. The zero-order chi connectivity index (χ0) is 15.3. The van der Waals surface area contributed by atoms with Gasteiger partial charge in [0.1, 0.15) is 0 Å². The van der Waals surface area contributed by atoms with E-state index in [1.807, 2.05) is 32.8 Å². The van der Waals surface area contributed by atoms with Crippen molar-refractivity contribution >= 4 is 12.0 Å². The minimum absolute atomic E-state index is 0.0449. The van der Waals surface area contributed by atoms with E-state index in [2.05, 4.69) is 5.32 Å². The molecular formula is C14H27N3O3. The van der Waals surface area contributed by atoms with Crippen molar-refractivity contribution in [2.45, 2.75) is 39.2 Å². The van der Waals surface area contributed by atoms with Crippen LogP contribution in [0.4, 0.5) is 4.79 Å². The number of aliphatic carboxylic acids is 1. The van der Waals surface area contributed by atoms with E-state index in [1.165, 1.54) is 0 Å². The van der Waals surface area contributed by atoms with Gasteiger partial charge in [-0.05, 0) is 33.9 Å². The first-order valence-electron chi connectivity index (χ1n) is 7.24. The summed E-state index contributed by atoms with van der Waals surface area (Å²) in [4.78, 5) is 27.3. The number of nitrogens with one attached hydrogen (secondary N) is 1. The van der Waals surface area contributed by atoms with Crippen molar-refractivity contribution in [3.63, 3.8) is 0 Å². The van der Waals surface area contributed by atoms with Crippen LogP contribution in [0.5, 0.6) is 0 Å². The quantitative estimate of drug-likeness (QED) is 0.769. The molecule has 0 aliphatic carbocycles. The summed E-state index contributed by atoms with van der Waals surface area (Å²) in [5, 5.41) is 12.4. The van der Waals surface area contributed by atoms with Gasteiger partial charge >= 0.3 is 12.0 Å². The molecule has 1 fully saturated rings. The second kappa shape index (κ2) is 6.92. The van der Waals surface area contributed by atoms with Crippen LogP contribution in [-0.2, 0) is 4.79 Å². The average molecular weight is 285 g/mol. The van der Waals surface area contributed by atoms with Crippen LogP contribution >= 0.6 is 0 Å². The molecule has 2 atom stereocenters. The first-order valence-corrected chi connectivity index (χ1v) is 7.24. The lowest BCUT2D eigenvalue weighted by Crippen LogP contribution is -2.47. The minimum atomic E-state index is -0.781. The number of likely N-dealkylation sites (tertiary alicyclic amines) is 1. The zero-order valence-electron chi connectivity index (χ0n) is 13.0. The highest BCUT2D eigenvalue weighted by Crippen LogP contribution is 2.35. The van der Waals surface area contributed by atoms with E-state index in [0.717, 1.165) is 13.0 Å². The number of hydrogen-bond acceptors (Lipinski definition) is 3. The van der Waals surface area contributed by atoms with Gasteiger partial charge in [-0.3, -0.25) is 4.79 Å². The third-order valence-corrected chi connectivity index (χ3v) is 3.83. The Morgan fingerprint density at radius 2 is 2.10 bits per heavy atom. The molecule has 2 unspecified atom stereocenters. The van der Waals surface area contributed by atoms with Crippen LogP contribution in [0, 0.1) is 5.41 Å². The van der Waals surface area contributed by atoms with Crippen molar-refractivity contribution in [1.29, 1.82) is 0 Å². The Morgan fingerprint density at radius 1 is 1.45 bits per heavy atom. The number of rotatable bonds is 6. The van der Waals surface area contributed by atoms with Gasteiger partial charge < -0.3 is 20.2 Å². The molecule has 1 aliphatic rings. The summed E-state index contributed by atoms with van der Waals surface area (Å²) in [5.74, 6) is -0.781. The molecule has 1 rings (SSSR count). The third-order valence-electron chi connectivity index (χ3n) is 3.83. The summed E-state index contributed by atoms with van der Waals surface area (Å²) >= 11 is 0. The molecule has 6 nitrogen and oxygen atoms in total. The molecule has 1 saturated heterocycles. The van der Waals surface area contributed by atoms with Crippen molar-refractivity contribution in [3.05, 3.63) is 0 Å².